The predicted octanol–water partition coefficient (Wildman–Crippen LogP) is 1.49. The summed E-state index contributed by atoms with van der Waals surface area (Å²) in [4.78, 5) is 29.9. The molecule has 128 valence electrons. The molecule has 4 rings (SSSR count). The summed E-state index contributed by atoms with van der Waals surface area (Å²) in [6.07, 6.45) is 10.8. The highest BCUT2D eigenvalue weighted by molar-refractivity contribution is 5.93. The van der Waals surface area contributed by atoms with E-state index < -0.39 is 0 Å². The number of allylic oxidation sites excluding steroid dienone is 2. The van der Waals surface area contributed by atoms with Crippen molar-refractivity contribution in [3.63, 3.8) is 0 Å². The summed E-state index contributed by atoms with van der Waals surface area (Å²) in [7, 11) is 1.81. The lowest BCUT2D eigenvalue weighted by molar-refractivity contribution is -0.141. The molecule has 3 amide bonds. The molecule has 1 aromatic rings. The van der Waals surface area contributed by atoms with Gasteiger partial charge in [-0.05, 0) is 19.3 Å². The Hall–Kier alpha value is -2.31. The van der Waals surface area contributed by atoms with E-state index >= 15 is 0 Å². The third-order valence-electron chi connectivity index (χ3n) is 5.28. The molecule has 3 aliphatic rings. The van der Waals surface area contributed by atoms with Crippen molar-refractivity contribution in [3.8, 4) is 0 Å². The summed E-state index contributed by atoms with van der Waals surface area (Å²) < 4.78 is 1.89. The van der Waals surface area contributed by atoms with Crippen LogP contribution < -0.4 is 4.90 Å². The molecular weight excluding hydrogens is 306 g/mol. The number of carbonyl (C=O) groups excluding carboxylic acids is 2. The molecule has 0 spiro atoms. The van der Waals surface area contributed by atoms with Crippen molar-refractivity contribution >= 4 is 17.6 Å². The van der Waals surface area contributed by atoms with Gasteiger partial charge in [-0.25, -0.2) is 4.79 Å². The fraction of sp³-hybridized carbons (Fsp3) is 0.588. The van der Waals surface area contributed by atoms with Gasteiger partial charge in [-0.1, -0.05) is 12.2 Å². The Labute approximate surface area is 141 Å². The van der Waals surface area contributed by atoms with Gasteiger partial charge in [0.25, 0.3) is 0 Å². The molecule has 1 atom stereocenters. The van der Waals surface area contributed by atoms with E-state index in [1.165, 1.54) is 0 Å². The molecule has 1 aromatic heterocycles. The second-order valence-electron chi connectivity index (χ2n) is 6.91. The highest BCUT2D eigenvalue weighted by Crippen LogP contribution is 2.28. The summed E-state index contributed by atoms with van der Waals surface area (Å²) in [5.74, 6) is 0.432. The average Bonchev–Trinajstić information content (AvgIpc) is 3.15. The highest BCUT2D eigenvalue weighted by atomic mass is 16.2. The van der Waals surface area contributed by atoms with Crippen LogP contribution in [-0.4, -0.2) is 64.7 Å². The van der Waals surface area contributed by atoms with Crippen LogP contribution in [0.15, 0.2) is 24.5 Å². The fourth-order valence-corrected chi connectivity index (χ4v) is 3.63. The number of likely N-dealkylation sites (tertiary alicyclic amines) is 1. The van der Waals surface area contributed by atoms with Gasteiger partial charge in [-0.2, -0.15) is 5.10 Å². The van der Waals surface area contributed by atoms with E-state index in [9.17, 15) is 9.59 Å². The Morgan fingerprint density at radius 2 is 2.08 bits per heavy atom. The topological polar surface area (TPSA) is 61.7 Å². The van der Waals surface area contributed by atoms with E-state index in [2.05, 4.69) is 17.3 Å². The van der Waals surface area contributed by atoms with Crippen molar-refractivity contribution in [2.75, 3.05) is 38.1 Å². The summed E-state index contributed by atoms with van der Waals surface area (Å²) in [6.45, 7) is 2.87. The van der Waals surface area contributed by atoms with Gasteiger partial charge in [0.2, 0.25) is 5.91 Å². The minimum atomic E-state index is 0.0188. The van der Waals surface area contributed by atoms with Crippen molar-refractivity contribution in [1.82, 2.24) is 19.6 Å². The molecule has 0 N–H and O–H groups in total. The molecule has 0 radical (unpaired) electrons. The van der Waals surface area contributed by atoms with Crippen LogP contribution in [0.3, 0.4) is 0 Å². The van der Waals surface area contributed by atoms with Crippen LogP contribution >= 0.6 is 0 Å². The van der Waals surface area contributed by atoms with Gasteiger partial charge < -0.3 is 9.80 Å². The van der Waals surface area contributed by atoms with Crippen molar-refractivity contribution in [1.29, 1.82) is 0 Å². The summed E-state index contributed by atoms with van der Waals surface area (Å²) >= 11 is 0. The number of aromatic nitrogens is 2. The SMILES string of the molecule is CN1CCN(c2cnn(C3CN(C(=O)C4CC=CCC4)C3)c2)C1=O. The van der Waals surface area contributed by atoms with Crippen molar-refractivity contribution < 1.29 is 9.59 Å². The van der Waals surface area contributed by atoms with Crippen LogP contribution in [-0.2, 0) is 4.79 Å². The van der Waals surface area contributed by atoms with E-state index in [1.807, 2.05) is 22.8 Å². The number of carbonyl (C=O) groups is 2. The lowest BCUT2D eigenvalue weighted by Crippen LogP contribution is -2.52. The zero-order chi connectivity index (χ0) is 16.7. The van der Waals surface area contributed by atoms with Crippen LogP contribution in [0.2, 0.25) is 0 Å². The molecule has 1 aliphatic carbocycles. The highest BCUT2D eigenvalue weighted by Gasteiger charge is 2.36. The number of rotatable bonds is 3. The fourth-order valence-electron chi connectivity index (χ4n) is 3.63. The Balaban J connectivity index is 1.35. The second kappa shape index (κ2) is 5.96. The molecule has 2 saturated heterocycles. The lowest BCUT2D eigenvalue weighted by atomic mass is 9.91. The Kier molecular flexibility index (Phi) is 3.78. The summed E-state index contributed by atoms with van der Waals surface area (Å²) in [6, 6.07) is 0.239. The lowest BCUT2D eigenvalue weighted by Gasteiger charge is -2.41. The van der Waals surface area contributed by atoms with Gasteiger partial charge in [0.1, 0.15) is 0 Å². The van der Waals surface area contributed by atoms with Crippen molar-refractivity contribution in [2.45, 2.75) is 25.3 Å². The molecule has 0 saturated carbocycles. The molecule has 1 unspecified atom stereocenters. The zero-order valence-electron chi connectivity index (χ0n) is 14.0. The van der Waals surface area contributed by atoms with Gasteiger partial charge in [0, 0.05) is 45.3 Å². The largest absolute Gasteiger partial charge is 0.338 e. The molecule has 3 heterocycles. The van der Waals surface area contributed by atoms with Crippen LogP contribution in [0.1, 0.15) is 25.3 Å². The Morgan fingerprint density at radius 3 is 2.75 bits per heavy atom. The molecule has 7 heteroatoms. The van der Waals surface area contributed by atoms with E-state index in [4.69, 9.17) is 0 Å². The number of hydrogen-bond donors (Lipinski definition) is 0. The van der Waals surface area contributed by atoms with Gasteiger partial charge in [-0.15, -0.1) is 0 Å². The van der Waals surface area contributed by atoms with Gasteiger partial charge in [0.05, 0.1) is 17.9 Å². The third kappa shape index (κ3) is 2.57. The third-order valence-corrected chi connectivity index (χ3v) is 5.28. The van der Waals surface area contributed by atoms with Gasteiger partial charge in [0.15, 0.2) is 0 Å². The maximum Gasteiger partial charge on any atom is 0.324 e. The first-order chi connectivity index (χ1) is 11.6. The van der Waals surface area contributed by atoms with Crippen molar-refractivity contribution in [3.05, 3.63) is 24.5 Å². The smallest absolute Gasteiger partial charge is 0.324 e. The van der Waals surface area contributed by atoms with E-state index in [1.54, 1.807) is 16.0 Å². The van der Waals surface area contributed by atoms with Crippen LogP contribution in [0.25, 0.3) is 0 Å². The standard InChI is InChI=1S/C17H23N5O2/c1-19-7-8-21(17(19)24)14-9-18-22(12-14)15-10-20(11-15)16(23)13-5-3-2-4-6-13/h2-3,9,12-13,15H,4-8,10-11H2,1H3. The van der Waals surface area contributed by atoms with E-state index in [-0.39, 0.29) is 23.9 Å². The molecule has 0 aromatic carbocycles. The average molecular weight is 329 g/mol. The number of hydrogen-bond acceptors (Lipinski definition) is 3. The predicted molar refractivity (Wildman–Crippen MR) is 89.7 cm³/mol. The van der Waals surface area contributed by atoms with Crippen molar-refractivity contribution in [2.24, 2.45) is 5.92 Å². The maximum absolute atomic E-state index is 12.5. The number of amides is 3. The first-order valence-corrected chi connectivity index (χ1v) is 8.64. The molecule has 24 heavy (non-hydrogen) atoms. The minimum absolute atomic E-state index is 0.0188. The maximum atomic E-state index is 12.5. The minimum Gasteiger partial charge on any atom is -0.338 e. The van der Waals surface area contributed by atoms with Crippen LogP contribution in [0.5, 0.6) is 0 Å². The number of nitrogens with zero attached hydrogens (tertiary/aromatic N) is 5. The summed E-state index contributed by atoms with van der Waals surface area (Å²) in [5, 5.41) is 4.40. The normalized spacial score (nSPS) is 24.6. The van der Waals surface area contributed by atoms with Gasteiger partial charge in [-0.3, -0.25) is 14.4 Å². The monoisotopic (exact) mass is 329 g/mol. The number of anilines is 1. The molecule has 2 aliphatic heterocycles. The molecule has 2 fully saturated rings. The van der Waals surface area contributed by atoms with Gasteiger partial charge >= 0.3 is 6.03 Å². The zero-order valence-corrected chi connectivity index (χ0v) is 14.0. The molecular formula is C17H23N5O2. The first kappa shape index (κ1) is 15.2. The van der Waals surface area contributed by atoms with E-state index in [0.717, 1.165) is 31.5 Å². The molecule has 0 bridgehead atoms. The van der Waals surface area contributed by atoms with Crippen LogP contribution in [0, 0.1) is 5.92 Å². The molecule has 7 nitrogen and oxygen atoms in total. The second-order valence-corrected chi connectivity index (χ2v) is 6.91. The van der Waals surface area contributed by atoms with E-state index in [0.29, 0.717) is 19.6 Å². The summed E-state index contributed by atoms with van der Waals surface area (Å²) in [5.41, 5.74) is 0.839. The Morgan fingerprint density at radius 1 is 1.25 bits per heavy atom. The Bertz CT molecular complexity index is 676. The van der Waals surface area contributed by atoms with Crippen LogP contribution in [0.4, 0.5) is 10.5 Å². The quantitative estimate of drug-likeness (QED) is 0.790. The number of urea groups is 1. The first-order valence-electron chi connectivity index (χ1n) is 8.64. The number of likely N-dealkylation sites (N-methyl/N-ethyl adjacent to an activating group) is 1.